The molecular formula is C28H34N4. The third-order valence-corrected chi connectivity index (χ3v) is 8.41. The first-order chi connectivity index (χ1) is 15.9. The molecule has 1 aliphatic carbocycles. The first-order valence-electron chi connectivity index (χ1n) is 12.9. The summed E-state index contributed by atoms with van der Waals surface area (Å²) in [6.07, 6.45) is 10.3. The van der Waals surface area contributed by atoms with Gasteiger partial charge in [-0.1, -0.05) is 18.2 Å². The molecule has 0 radical (unpaired) electrons. The number of nitrogens with one attached hydrogen (secondary N) is 2. The molecule has 2 atom stereocenters. The van der Waals surface area contributed by atoms with Gasteiger partial charge in [-0.3, -0.25) is 0 Å². The number of fused-ring (bicyclic) bond motifs is 6. The molecule has 32 heavy (non-hydrogen) atoms. The molecule has 7 rings (SSSR count). The molecule has 0 spiro atoms. The van der Waals surface area contributed by atoms with E-state index in [1.54, 1.807) is 11.3 Å². The van der Waals surface area contributed by atoms with Crippen LogP contribution in [0.2, 0.25) is 0 Å². The molecule has 4 heterocycles. The highest BCUT2D eigenvalue weighted by Crippen LogP contribution is 2.41. The second kappa shape index (κ2) is 7.64. The van der Waals surface area contributed by atoms with Crippen LogP contribution in [0.4, 0.5) is 0 Å². The van der Waals surface area contributed by atoms with Gasteiger partial charge in [0.1, 0.15) is 0 Å². The lowest BCUT2D eigenvalue weighted by molar-refractivity contribution is 0.369. The summed E-state index contributed by atoms with van der Waals surface area (Å²) >= 11 is 0. The zero-order chi connectivity index (χ0) is 21.1. The fourth-order valence-corrected chi connectivity index (χ4v) is 6.98. The molecule has 0 amide bonds. The van der Waals surface area contributed by atoms with Gasteiger partial charge >= 0.3 is 0 Å². The van der Waals surface area contributed by atoms with E-state index in [0.717, 1.165) is 19.6 Å². The highest BCUT2D eigenvalue weighted by atomic mass is 15.1. The second-order valence-corrected chi connectivity index (χ2v) is 10.3. The van der Waals surface area contributed by atoms with E-state index in [4.69, 9.17) is 0 Å². The lowest BCUT2D eigenvalue weighted by Gasteiger charge is -2.28. The molecule has 2 unspecified atom stereocenters. The molecule has 2 aromatic carbocycles. The fourth-order valence-electron chi connectivity index (χ4n) is 6.98. The van der Waals surface area contributed by atoms with Crippen molar-refractivity contribution in [1.29, 1.82) is 0 Å². The van der Waals surface area contributed by atoms with E-state index < -0.39 is 0 Å². The number of para-hydroxylation sites is 1. The Hall–Kier alpha value is -2.30. The zero-order valence-corrected chi connectivity index (χ0v) is 19.0. The van der Waals surface area contributed by atoms with Gasteiger partial charge in [0.2, 0.25) is 0 Å². The van der Waals surface area contributed by atoms with Crippen molar-refractivity contribution in [2.24, 2.45) is 0 Å². The molecule has 2 saturated heterocycles. The number of aryl methyl sites for hydroxylation is 1. The molecular weight excluding hydrogens is 392 g/mol. The van der Waals surface area contributed by atoms with E-state index in [9.17, 15) is 0 Å². The maximum absolute atomic E-state index is 3.68. The number of aromatic nitrogens is 2. The van der Waals surface area contributed by atoms with Crippen LogP contribution in [0.1, 0.15) is 61.9 Å². The number of benzene rings is 2. The van der Waals surface area contributed by atoms with Crippen LogP contribution in [0, 0.1) is 0 Å². The maximum Gasteiger partial charge on any atom is 0.0502 e. The zero-order valence-electron chi connectivity index (χ0n) is 19.0. The molecule has 2 aliphatic heterocycles. The van der Waals surface area contributed by atoms with Gasteiger partial charge in [-0.2, -0.15) is 0 Å². The highest BCUT2D eigenvalue weighted by molar-refractivity contribution is 6.13. The summed E-state index contributed by atoms with van der Waals surface area (Å²) in [6.45, 7) is 4.52. The Bertz CT molecular complexity index is 1300. The lowest BCUT2D eigenvalue weighted by Crippen LogP contribution is -2.32. The average Bonchev–Trinajstić information content (AvgIpc) is 3.36. The van der Waals surface area contributed by atoms with Crippen molar-refractivity contribution >= 4 is 32.7 Å². The van der Waals surface area contributed by atoms with Gasteiger partial charge in [0.15, 0.2) is 0 Å². The Labute approximate surface area is 190 Å². The molecule has 2 fully saturated rings. The van der Waals surface area contributed by atoms with E-state index in [1.165, 1.54) is 90.6 Å². The Morgan fingerprint density at radius 2 is 1.34 bits per heavy atom. The van der Waals surface area contributed by atoms with Crippen molar-refractivity contribution in [3.63, 3.8) is 0 Å². The van der Waals surface area contributed by atoms with E-state index in [1.807, 2.05) is 0 Å². The number of piperidine rings is 2. The van der Waals surface area contributed by atoms with Crippen LogP contribution >= 0.6 is 0 Å². The summed E-state index contributed by atoms with van der Waals surface area (Å²) in [5.41, 5.74) is 7.63. The number of hydrogen-bond acceptors (Lipinski definition) is 2. The van der Waals surface area contributed by atoms with Crippen LogP contribution in [-0.2, 0) is 12.8 Å². The molecule has 0 bridgehead atoms. The summed E-state index contributed by atoms with van der Waals surface area (Å²) in [5, 5.41) is 11.7. The SMILES string of the molecule is c1ccc2c(c1)c1cc3c(cc1n2C1CCCNC1)c1c(n3C2CCCNC2)CCCC1. The van der Waals surface area contributed by atoms with E-state index in [-0.39, 0.29) is 0 Å². The van der Waals surface area contributed by atoms with Gasteiger partial charge in [-0.05, 0) is 88.2 Å². The first kappa shape index (κ1) is 19.2. The van der Waals surface area contributed by atoms with Crippen molar-refractivity contribution in [1.82, 2.24) is 19.8 Å². The minimum Gasteiger partial charge on any atom is -0.340 e. The van der Waals surface area contributed by atoms with Crippen LogP contribution in [-0.4, -0.2) is 35.3 Å². The van der Waals surface area contributed by atoms with Gasteiger partial charge in [0, 0.05) is 58.1 Å². The Morgan fingerprint density at radius 3 is 2.12 bits per heavy atom. The minimum absolute atomic E-state index is 0.545. The summed E-state index contributed by atoms with van der Waals surface area (Å²) in [6, 6.07) is 15.4. The Kier molecular flexibility index (Phi) is 4.58. The molecule has 2 aromatic heterocycles. The number of hydrogen-bond donors (Lipinski definition) is 2. The average molecular weight is 427 g/mol. The normalized spacial score (nSPS) is 24.4. The van der Waals surface area contributed by atoms with Crippen molar-refractivity contribution < 1.29 is 0 Å². The fraction of sp³-hybridized carbons (Fsp3) is 0.500. The Morgan fingerprint density at radius 1 is 0.656 bits per heavy atom. The van der Waals surface area contributed by atoms with Crippen molar-refractivity contribution in [2.45, 2.75) is 63.5 Å². The smallest absolute Gasteiger partial charge is 0.0502 e. The molecule has 0 saturated carbocycles. The van der Waals surface area contributed by atoms with Gasteiger partial charge < -0.3 is 19.8 Å². The summed E-state index contributed by atoms with van der Waals surface area (Å²) in [4.78, 5) is 0. The summed E-state index contributed by atoms with van der Waals surface area (Å²) < 4.78 is 5.44. The van der Waals surface area contributed by atoms with Gasteiger partial charge in [0.05, 0.1) is 5.52 Å². The minimum atomic E-state index is 0.545. The monoisotopic (exact) mass is 426 g/mol. The van der Waals surface area contributed by atoms with Gasteiger partial charge in [0.25, 0.3) is 0 Å². The molecule has 4 nitrogen and oxygen atoms in total. The standard InChI is InChI=1S/C28H34N4/c1-3-11-25-21(9-1)23-15-28-24(16-27(23)31(25)19-7-5-13-29-17-19)22-10-2-4-12-26(22)32(28)20-8-6-14-30-18-20/h1,3,9,11,15-16,19-20,29-30H,2,4-8,10,12-14,17-18H2. The lowest BCUT2D eigenvalue weighted by atomic mass is 9.95. The van der Waals surface area contributed by atoms with Gasteiger partial charge in [-0.15, -0.1) is 0 Å². The van der Waals surface area contributed by atoms with E-state index in [0.29, 0.717) is 12.1 Å². The number of nitrogens with zero attached hydrogens (tertiary/aromatic N) is 2. The quantitative estimate of drug-likeness (QED) is 0.445. The van der Waals surface area contributed by atoms with Crippen LogP contribution in [0.5, 0.6) is 0 Å². The van der Waals surface area contributed by atoms with Crippen molar-refractivity contribution in [2.75, 3.05) is 26.2 Å². The van der Waals surface area contributed by atoms with Crippen LogP contribution < -0.4 is 10.6 Å². The number of rotatable bonds is 2. The van der Waals surface area contributed by atoms with E-state index in [2.05, 4.69) is 56.2 Å². The predicted octanol–water partition coefficient (Wildman–Crippen LogP) is 5.48. The highest BCUT2D eigenvalue weighted by Gasteiger charge is 2.28. The van der Waals surface area contributed by atoms with E-state index >= 15 is 0 Å². The van der Waals surface area contributed by atoms with Crippen LogP contribution in [0.15, 0.2) is 36.4 Å². The Balaban J connectivity index is 1.54. The molecule has 4 heteroatoms. The molecule has 2 N–H and O–H groups in total. The van der Waals surface area contributed by atoms with Crippen molar-refractivity contribution in [3.05, 3.63) is 47.7 Å². The second-order valence-electron chi connectivity index (χ2n) is 10.3. The van der Waals surface area contributed by atoms with Gasteiger partial charge in [-0.25, -0.2) is 0 Å². The molecule has 166 valence electrons. The topological polar surface area (TPSA) is 33.9 Å². The first-order valence-corrected chi connectivity index (χ1v) is 12.9. The van der Waals surface area contributed by atoms with Crippen molar-refractivity contribution in [3.8, 4) is 0 Å². The summed E-state index contributed by atoms with van der Waals surface area (Å²) in [5.74, 6) is 0. The predicted molar refractivity (Wildman–Crippen MR) is 134 cm³/mol. The van der Waals surface area contributed by atoms with Crippen LogP contribution in [0.3, 0.4) is 0 Å². The largest absolute Gasteiger partial charge is 0.340 e. The summed E-state index contributed by atoms with van der Waals surface area (Å²) in [7, 11) is 0. The molecule has 4 aromatic rings. The van der Waals surface area contributed by atoms with Crippen LogP contribution in [0.25, 0.3) is 32.7 Å². The maximum atomic E-state index is 3.68. The third-order valence-electron chi connectivity index (χ3n) is 8.41. The molecule has 3 aliphatic rings. The third kappa shape index (κ3) is 2.82.